The lowest BCUT2D eigenvalue weighted by atomic mass is 10.3. The lowest BCUT2D eigenvalue weighted by molar-refractivity contribution is -0.137. The molecular formula is C9H16N2O2S. The van der Waals surface area contributed by atoms with Crippen molar-refractivity contribution in [3.63, 3.8) is 0 Å². The first-order valence-corrected chi connectivity index (χ1v) is 5.82. The number of carbonyl (C=O) groups excluding carboxylic acids is 2. The van der Waals surface area contributed by atoms with Crippen LogP contribution in [0.25, 0.3) is 0 Å². The third-order valence-corrected chi connectivity index (χ3v) is 3.57. The Labute approximate surface area is 88.2 Å². The number of rotatable bonds is 4. The third kappa shape index (κ3) is 2.48. The van der Waals surface area contributed by atoms with Crippen LogP contribution in [0.4, 0.5) is 0 Å². The number of imide groups is 1. The SMILES string of the molecule is CCN1C(=O)CC(SCC(C)N)C1=O. The summed E-state index contributed by atoms with van der Waals surface area (Å²) < 4.78 is 0. The van der Waals surface area contributed by atoms with E-state index in [0.717, 1.165) is 5.75 Å². The fourth-order valence-electron chi connectivity index (χ4n) is 1.38. The molecule has 80 valence electrons. The van der Waals surface area contributed by atoms with Gasteiger partial charge in [0, 0.05) is 24.8 Å². The number of likely N-dealkylation sites (tertiary alicyclic amines) is 1. The van der Waals surface area contributed by atoms with Gasteiger partial charge in [0.1, 0.15) is 0 Å². The molecule has 4 nitrogen and oxygen atoms in total. The average molecular weight is 216 g/mol. The van der Waals surface area contributed by atoms with Crippen molar-refractivity contribution in [1.29, 1.82) is 0 Å². The van der Waals surface area contributed by atoms with Crippen molar-refractivity contribution >= 4 is 23.6 Å². The van der Waals surface area contributed by atoms with Crippen LogP contribution in [0.2, 0.25) is 0 Å². The molecule has 1 rings (SSSR count). The average Bonchev–Trinajstić information content (AvgIpc) is 2.38. The smallest absolute Gasteiger partial charge is 0.242 e. The van der Waals surface area contributed by atoms with Gasteiger partial charge in [-0.15, -0.1) is 11.8 Å². The fraction of sp³-hybridized carbons (Fsp3) is 0.778. The number of carbonyl (C=O) groups is 2. The minimum atomic E-state index is -0.201. The summed E-state index contributed by atoms with van der Waals surface area (Å²) in [5, 5.41) is -0.201. The van der Waals surface area contributed by atoms with E-state index in [1.54, 1.807) is 0 Å². The standard InChI is InChI=1S/C9H16N2O2S/c1-3-11-8(12)4-7(9(11)13)14-5-6(2)10/h6-7H,3-5,10H2,1-2H3. The Balaban J connectivity index is 2.49. The van der Waals surface area contributed by atoms with E-state index < -0.39 is 0 Å². The lowest BCUT2D eigenvalue weighted by Crippen LogP contribution is -2.31. The second-order valence-electron chi connectivity index (χ2n) is 3.48. The van der Waals surface area contributed by atoms with Crippen molar-refractivity contribution in [2.45, 2.75) is 31.6 Å². The molecule has 0 bridgehead atoms. The molecule has 2 amide bonds. The van der Waals surface area contributed by atoms with Crippen molar-refractivity contribution in [3.8, 4) is 0 Å². The zero-order valence-electron chi connectivity index (χ0n) is 8.53. The molecule has 0 saturated carbocycles. The predicted octanol–water partition coefficient (Wildman–Crippen LogP) is 0.214. The summed E-state index contributed by atoms with van der Waals surface area (Å²) in [6.07, 6.45) is 0.337. The van der Waals surface area contributed by atoms with E-state index in [9.17, 15) is 9.59 Å². The monoisotopic (exact) mass is 216 g/mol. The molecule has 14 heavy (non-hydrogen) atoms. The molecule has 1 heterocycles. The lowest BCUT2D eigenvalue weighted by Gasteiger charge is -2.12. The van der Waals surface area contributed by atoms with Gasteiger partial charge >= 0.3 is 0 Å². The normalized spacial score (nSPS) is 24.5. The van der Waals surface area contributed by atoms with E-state index in [0.29, 0.717) is 13.0 Å². The molecule has 1 aliphatic rings. The van der Waals surface area contributed by atoms with Crippen LogP contribution in [0.15, 0.2) is 0 Å². The van der Waals surface area contributed by atoms with E-state index in [1.165, 1.54) is 16.7 Å². The van der Waals surface area contributed by atoms with Gasteiger partial charge in [0.05, 0.1) is 5.25 Å². The van der Waals surface area contributed by atoms with Gasteiger partial charge in [0.2, 0.25) is 11.8 Å². The molecule has 0 aromatic heterocycles. The second kappa shape index (κ2) is 4.79. The summed E-state index contributed by atoms with van der Waals surface area (Å²) in [4.78, 5) is 24.3. The maximum Gasteiger partial charge on any atom is 0.242 e. The molecular weight excluding hydrogens is 200 g/mol. The van der Waals surface area contributed by atoms with Crippen LogP contribution >= 0.6 is 11.8 Å². The largest absolute Gasteiger partial charge is 0.327 e. The van der Waals surface area contributed by atoms with Crippen LogP contribution in [-0.2, 0) is 9.59 Å². The molecule has 2 N–H and O–H groups in total. The third-order valence-electron chi connectivity index (χ3n) is 2.08. The zero-order valence-corrected chi connectivity index (χ0v) is 9.34. The minimum Gasteiger partial charge on any atom is -0.327 e. The van der Waals surface area contributed by atoms with Gasteiger partial charge in [0.25, 0.3) is 0 Å². The summed E-state index contributed by atoms with van der Waals surface area (Å²) in [6, 6.07) is 0.0681. The van der Waals surface area contributed by atoms with E-state index in [2.05, 4.69) is 0 Å². The first-order chi connectivity index (χ1) is 6.56. The molecule has 1 aliphatic heterocycles. The molecule has 1 saturated heterocycles. The fourth-order valence-corrected chi connectivity index (χ4v) is 2.45. The van der Waals surface area contributed by atoms with Crippen LogP contribution in [0, 0.1) is 0 Å². The van der Waals surface area contributed by atoms with Crippen LogP contribution in [-0.4, -0.2) is 40.3 Å². The first kappa shape index (κ1) is 11.5. The topological polar surface area (TPSA) is 63.4 Å². The number of amides is 2. The van der Waals surface area contributed by atoms with Crippen molar-refractivity contribution in [3.05, 3.63) is 0 Å². The molecule has 0 aromatic rings. The van der Waals surface area contributed by atoms with Crippen molar-refractivity contribution in [1.82, 2.24) is 4.90 Å². The summed E-state index contributed by atoms with van der Waals surface area (Å²) in [5.74, 6) is 0.615. The van der Waals surface area contributed by atoms with Crippen LogP contribution in [0.5, 0.6) is 0 Å². The summed E-state index contributed by atoms with van der Waals surface area (Å²) >= 11 is 1.49. The molecule has 0 spiro atoms. The molecule has 0 aromatic carbocycles. The van der Waals surface area contributed by atoms with Crippen molar-refractivity contribution in [2.24, 2.45) is 5.73 Å². The Morgan fingerprint density at radius 2 is 2.29 bits per heavy atom. The highest BCUT2D eigenvalue weighted by Gasteiger charge is 2.37. The Morgan fingerprint density at radius 3 is 2.71 bits per heavy atom. The number of thioether (sulfide) groups is 1. The minimum absolute atomic E-state index is 0.0526. The number of nitrogens with two attached hydrogens (primary N) is 1. The maximum absolute atomic E-state index is 11.6. The van der Waals surface area contributed by atoms with Crippen LogP contribution in [0.1, 0.15) is 20.3 Å². The van der Waals surface area contributed by atoms with Gasteiger partial charge in [-0.05, 0) is 13.8 Å². The maximum atomic E-state index is 11.6. The van der Waals surface area contributed by atoms with Crippen molar-refractivity contribution < 1.29 is 9.59 Å². The summed E-state index contributed by atoms with van der Waals surface area (Å²) in [5.41, 5.74) is 5.59. The van der Waals surface area contributed by atoms with Gasteiger partial charge in [-0.1, -0.05) is 0 Å². The van der Waals surface area contributed by atoms with Gasteiger partial charge in [-0.2, -0.15) is 0 Å². The van der Waals surface area contributed by atoms with Crippen LogP contribution < -0.4 is 5.73 Å². The van der Waals surface area contributed by atoms with Gasteiger partial charge in [-0.25, -0.2) is 0 Å². The molecule has 0 radical (unpaired) electrons. The first-order valence-electron chi connectivity index (χ1n) is 4.77. The zero-order chi connectivity index (χ0) is 10.7. The molecule has 1 fully saturated rings. The van der Waals surface area contributed by atoms with Crippen molar-refractivity contribution in [2.75, 3.05) is 12.3 Å². The number of hydrogen-bond acceptors (Lipinski definition) is 4. The Morgan fingerprint density at radius 1 is 1.64 bits per heavy atom. The van der Waals surface area contributed by atoms with E-state index in [4.69, 9.17) is 5.73 Å². The molecule has 2 unspecified atom stereocenters. The van der Waals surface area contributed by atoms with Gasteiger partial charge < -0.3 is 5.73 Å². The van der Waals surface area contributed by atoms with E-state index >= 15 is 0 Å². The van der Waals surface area contributed by atoms with E-state index in [-0.39, 0.29) is 23.1 Å². The second-order valence-corrected chi connectivity index (χ2v) is 4.72. The van der Waals surface area contributed by atoms with Gasteiger partial charge in [0.15, 0.2) is 0 Å². The quantitative estimate of drug-likeness (QED) is 0.683. The highest BCUT2D eigenvalue weighted by atomic mass is 32.2. The Hall–Kier alpha value is -0.550. The molecule has 2 atom stereocenters. The number of nitrogens with zero attached hydrogens (tertiary/aromatic N) is 1. The van der Waals surface area contributed by atoms with E-state index in [1.807, 2.05) is 13.8 Å². The Bertz CT molecular complexity index is 243. The van der Waals surface area contributed by atoms with Gasteiger partial charge in [-0.3, -0.25) is 14.5 Å². The highest BCUT2D eigenvalue weighted by molar-refractivity contribution is 8.00. The highest BCUT2D eigenvalue weighted by Crippen LogP contribution is 2.24. The molecule has 0 aliphatic carbocycles. The predicted molar refractivity (Wildman–Crippen MR) is 56.9 cm³/mol. The summed E-state index contributed by atoms with van der Waals surface area (Å²) in [7, 11) is 0. The summed E-state index contributed by atoms with van der Waals surface area (Å²) in [6.45, 7) is 4.19. The number of hydrogen-bond donors (Lipinski definition) is 1. The molecule has 5 heteroatoms. The van der Waals surface area contributed by atoms with Crippen LogP contribution in [0.3, 0.4) is 0 Å². The Kier molecular flexibility index (Phi) is 3.95.